The minimum Gasteiger partial charge on any atom is -0.325 e. The van der Waals surface area contributed by atoms with E-state index in [1.807, 2.05) is 0 Å². The summed E-state index contributed by atoms with van der Waals surface area (Å²) in [5.41, 5.74) is 0.691. The molecule has 1 saturated heterocycles. The maximum atomic E-state index is 12.9. The van der Waals surface area contributed by atoms with Crippen molar-refractivity contribution < 1.29 is 18.0 Å². The highest BCUT2D eigenvalue weighted by atomic mass is 19.4. The SMILES string of the molecule is O=C(c1ccn(-c2ccncc2)n1)N1CCC[C@H]1C(F)(F)F. The molecule has 22 heavy (non-hydrogen) atoms. The molecule has 1 fully saturated rings. The van der Waals surface area contributed by atoms with Crippen LogP contribution < -0.4 is 0 Å². The largest absolute Gasteiger partial charge is 0.408 e. The van der Waals surface area contributed by atoms with E-state index in [0.29, 0.717) is 12.1 Å². The Balaban J connectivity index is 1.83. The van der Waals surface area contributed by atoms with Crippen LogP contribution in [0.25, 0.3) is 5.69 Å². The molecule has 1 aliphatic heterocycles. The average Bonchev–Trinajstić information content (AvgIpc) is 3.16. The van der Waals surface area contributed by atoms with Crippen LogP contribution in [-0.4, -0.2) is 44.3 Å². The zero-order valence-electron chi connectivity index (χ0n) is 11.5. The Morgan fingerprint density at radius 2 is 1.95 bits per heavy atom. The van der Waals surface area contributed by atoms with Gasteiger partial charge < -0.3 is 4.90 Å². The van der Waals surface area contributed by atoms with Crippen molar-refractivity contribution in [2.75, 3.05) is 6.54 Å². The van der Waals surface area contributed by atoms with Gasteiger partial charge in [-0.15, -0.1) is 0 Å². The Hall–Kier alpha value is -2.38. The van der Waals surface area contributed by atoms with Crippen LogP contribution in [0, 0.1) is 0 Å². The molecule has 5 nitrogen and oxygen atoms in total. The fourth-order valence-corrected chi connectivity index (χ4v) is 2.58. The van der Waals surface area contributed by atoms with Crippen molar-refractivity contribution in [1.82, 2.24) is 19.7 Å². The summed E-state index contributed by atoms with van der Waals surface area (Å²) >= 11 is 0. The molecule has 8 heteroatoms. The van der Waals surface area contributed by atoms with Crippen molar-refractivity contribution in [1.29, 1.82) is 0 Å². The summed E-state index contributed by atoms with van der Waals surface area (Å²) in [4.78, 5) is 17.0. The lowest BCUT2D eigenvalue weighted by atomic mass is 10.2. The molecule has 0 aliphatic carbocycles. The summed E-state index contributed by atoms with van der Waals surface area (Å²) in [7, 11) is 0. The highest BCUT2D eigenvalue weighted by Crippen LogP contribution is 2.33. The number of aromatic nitrogens is 3. The number of pyridine rings is 1. The smallest absolute Gasteiger partial charge is 0.325 e. The number of carbonyl (C=O) groups excluding carboxylic acids is 1. The lowest BCUT2D eigenvalue weighted by Gasteiger charge is -2.25. The predicted molar refractivity (Wildman–Crippen MR) is 71.5 cm³/mol. The highest BCUT2D eigenvalue weighted by Gasteiger charge is 2.48. The standard InChI is InChI=1S/C14H13F3N4O/c15-14(16,17)12-2-1-8-20(12)13(22)11-5-9-21(19-11)10-3-6-18-7-4-10/h3-7,9,12H,1-2,8H2/t12-/m0/s1. The number of hydrogen-bond acceptors (Lipinski definition) is 3. The van der Waals surface area contributed by atoms with Gasteiger partial charge in [0.25, 0.3) is 5.91 Å². The molecule has 1 aliphatic rings. The monoisotopic (exact) mass is 310 g/mol. The maximum Gasteiger partial charge on any atom is 0.408 e. The quantitative estimate of drug-likeness (QED) is 0.856. The van der Waals surface area contributed by atoms with E-state index in [2.05, 4.69) is 10.1 Å². The molecule has 0 bridgehead atoms. The Kier molecular flexibility index (Phi) is 3.59. The molecule has 0 aromatic carbocycles. The van der Waals surface area contributed by atoms with Gasteiger partial charge in [0, 0.05) is 25.1 Å². The van der Waals surface area contributed by atoms with Crippen LogP contribution in [-0.2, 0) is 0 Å². The molecule has 1 amide bonds. The fraction of sp³-hybridized carbons (Fsp3) is 0.357. The first-order chi connectivity index (χ1) is 10.5. The molecular formula is C14H13F3N4O. The van der Waals surface area contributed by atoms with Crippen molar-refractivity contribution in [3.63, 3.8) is 0 Å². The van der Waals surface area contributed by atoms with E-state index in [-0.39, 0.29) is 18.7 Å². The Morgan fingerprint density at radius 1 is 1.23 bits per heavy atom. The first-order valence-corrected chi connectivity index (χ1v) is 6.80. The van der Waals surface area contributed by atoms with Gasteiger partial charge in [-0.05, 0) is 31.0 Å². The molecule has 0 unspecified atom stereocenters. The van der Waals surface area contributed by atoms with Crippen LogP contribution in [0.3, 0.4) is 0 Å². The van der Waals surface area contributed by atoms with Crippen molar-refractivity contribution in [3.05, 3.63) is 42.5 Å². The van der Waals surface area contributed by atoms with Crippen LogP contribution in [0.1, 0.15) is 23.3 Å². The zero-order valence-corrected chi connectivity index (χ0v) is 11.5. The molecule has 3 rings (SSSR count). The van der Waals surface area contributed by atoms with E-state index >= 15 is 0 Å². The van der Waals surface area contributed by atoms with Gasteiger partial charge in [0.05, 0.1) is 5.69 Å². The van der Waals surface area contributed by atoms with Crippen molar-refractivity contribution in [3.8, 4) is 5.69 Å². The van der Waals surface area contributed by atoms with Crippen LogP contribution in [0.4, 0.5) is 13.2 Å². The maximum absolute atomic E-state index is 12.9. The normalized spacial score (nSPS) is 18.7. The Labute approximate surface area is 124 Å². The molecule has 2 aromatic rings. The molecule has 1 atom stereocenters. The molecule has 0 N–H and O–H groups in total. The van der Waals surface area contributed by atoms with Crippen LogP contribution in [0.15, 0.2) is 36.8 Å². The van der Waals surface area contributed by atoms with E-state index < -0.39 is 18.1 Å². The number of amides is 1. The zero-order chi connectivity index (χ0) is 15.7. The number of halogens is 3. The number of rotatable bonds is 2. The van der Waals surface area contributed by atoms with Crippen molar-refractivity contribution in [2.24, 2.45) is 0 Å². The van der Waals surface area contributed by atoms with Crippen molar-refractivity contribution >= 4 is 5.91 Å². The number of likely N-dealkylation sites (tertiary alicyclic amines) is 1. The summed E-state index contributed by atoms with van der Waals surface area (Å²) in [5, 5.41) is 4.07. The number of carbonyl (C=O) groups is 1. The lowest BCUT2D eigenvalue weighted by Crippen LogP contribution is -2.44. The minimum atomic E-state index is -4.40. The van der Waals surface area contributed by atoms with Gasteiger partial charge in [0.2, 0.25) is 0 Å². The molecule has 2 aromatic heterocycles. The molecule has 0 radical (unpaired) electrons. The van der Waals surface area contributed by atoms with Gasteiger partial charge >= 0.3 is 6.18 Å². The predicted octanol–water partition coefficient (Wildman–Crippen LogP) is 2.43. The van der Waals surface area contributed by atoms with E-state index in [1.165, 1.54) is 10.7 Å². The topological polar surface area (TPSA) is 51.0 Å². The minimum absolute atomic E-state index is 0.00737. The van der Waals surface area contributed by atoms with E-state index in [4.69, 9.17) is 0 Å². The van der Waals surface area contributed by atoms with Crippen LogP contribution >= 0.6 is 0 Å². The van der Waals surface area contributed by atoms with Gasteiger partial charge in [-0.25, -0.2) is 4.68 Å². The molecule has 0 spiro atoms. The van der Waals surface area contributed by atoms with Gasteiger partial charge in [-0.2, -0.15) is 18.3 Å². The van der Waals surface area contributed by atoms with Gasteiger partial charge in [0.15, 0.2) is 5.69 Å². The highest BCUT2D eigenvalue weighted by molar-refractivity contribution is 5.92. The summed E-state index contributed by atoms with van der Waals surface area (Å²) in [6.07, 6.45) is 0.569. The van der Waals surface area contributed by atoms with Crippen molar-refractivity contribution in [2.45, 2.75) is 25.1 Å². The van der Waals surface area contributed by atoms with Crippen LogP contribution in [0.5, 0.6) is 0 Å². The number of nitrogens with zero attached hydrogens (tertiary/aromatic N) is 4. The average molecular weight is 310 g/mol. The number of hydrogen-bond donors (Lipinski definition) is 0. The second-order valence-corrected chi connectivity index (χ2v) is 5.05. The third kappa shape index (κ3) is 2.68. The summed E-state index contributed by atoms with van der Waals surface area (Å²) in [6.45, 7) is 0.102. The third-order valence-corrected chi connectivity index (χ3v) is 3.63. The second-order valence-electron chi connectivity index (χ2n) is 5.05. The van der Waals surface area contributed by atoms with E-state index in [1.54, 1.807) is 30.7 Å². The Bertz CT molecular complexity index is 668. The van der Waals surface area contributed by atoms with E-state index in [0.717, 1.165) is 4.90 Å². The molecule has 116 valence electrons. The first-order valence-electron chi connectivity index (χ1n) is 6.80. The summed E-state index contributed by atoms with van der Waals surface area (Å²) < 4.78 is 40.2. The summed E-state index contributed by atoms with van der Waals surface area (Å²) in [6, 6.07) is 3.09. The second kappa shape index (κ2) is 5.43. The molecular weight excluding hydrogens is 297 g/mol. The fourth-order valence-electron chi connectivity index (χ4n) is 2.58. The van der Waals surface area contributed by atoms with Gasteiger partial charge in [-0.1, -0.05) is 0 Å². The summed E-state index contributed by atoms with van der Waals surface area (Å²) in [5.74, 6) is -0.687. The third-order valence-electron chi connectivity index (χ3n) is 3.63. The van der Waals surface area contributed by atoms with Gasteiger partial charge in [-0.3, -0.25) is 9.78 Å². The Morgan fingerprint density at radius 3 is 2.64 bits per heavy atom. The van der Waals surface area contributed by atoms with Crippen LogP contribution in [0.2, 0.25) is 0 Å². The first kappa shape index (κ1) is 14.6. The van der Waals surface area contributed by atoms with E-state index in [9.17, 15) is 18.0 Å². The lowest BCUT2D eigenvalue weighted by molar-refractivity contribution is -0.169. The molecule has 0 saturated carbocycles. The number of alkyl halides is 3. The van der Waals surface area contributed by atoms with Gasteiger partial charge in [0.1, 0.15) is 6.04 Å². The molecule has 3 heterocycles.